The van der Waals surface area contributed by atoms with Crippen molar-refractivity contribution in [3.8, 4) is 0 Å². The highest BCUT2D eigenvalue weighted by Gasteiger charge is 2.13. The fourth-order valence-electron chi connectivity index (χ4n) is 1.94. The Morgan fingerprint density at radius 2 is 2.04 bits per heavy atom. The molecule has 0 atom stereocenters. The molecule has 8 heteroatoms. The van der Waals surface area contributed by atoms with E-state index >= 15 is 0 Å². The molecule has 0 radical (unpaired) electrons. The van der Waals surface area contributed by atoms with Gasteiger partial charge in [-0.3, -0.25) is 9.48 Å². The normalized spacial score (nSPS) is 10.7. The number of halogens is 3. The first-order valence-electron chi connectivity index (χ1n) is 6.54. The standard InChI is InChI=1S/C15H10Br2FN3OS/c16-12-5-13(23-14(12)17)15(22)20-11-6-19-21(8-11)7-9-1-3-10(18)4-2-9/h1-6,8H,7H2,(H,20,22). The molecule has 1 aromatic carbocycles. The number of anilines is 1. The lowest BCUT2D eigenvalue weighted by molar-refractivity contribution is 0.103. The molecule has 0 bridgehead atoms. The highest BCUT2D eigenvalue weighted by Crippen LogP contribution is 2.32. The number of amides is 1. The van der Waals surface area contributed by atoms with Gasteiger partial charge in [0.2, 0.25) is 0 Å². The lowest BCUT2D eigenvalue weighted by atomic mass is 10.2. The van der Waals surface area contributed by atoms with Crippen LogP contribution in [0.3, 0.4) is 0 Å². The van der Waals surface area contributed by atoms with E-state index in [0.717, 1.165) is 13.8 Å². The lowest BCUT2D eigenvalue weighted by Crippen LogP contribution is -2.09. The maximum atomic E-state index is 12.9. The zero-order chi connectivity index (χ0) is 16.4. The third-order valence-corrected chi connectivity index (χ3v) is 6.27. The van der Waals surface area contributed by atoms with Gasteiger partial charge in [0, 0.05) is 10.7 Å². The van der Waals surface area contributed by atoms with Crippen molar-refractivity contribution in [2.75, 3.05) is 5.32 Å². The van der Waals surface area contributed by atoms with Crippen LogP contribution >= 0.6 is 43.2 Å². The quantitative estimate of drug-likeness (QED) is 0.603. The van der Waals surface area contributed by atoms with Crippen LogP contribution < -0.4 is 5.32 Å². The van der Waals surface area contributed by atoms with Gasteiger partial charge >= 0.3 is 0 Å². The van der Waals surface area contributed by atoms with Gasteiger partial charge in [-0.05, 0) is 55.6 Å². The van der Waals surface area contributed by atoms with E-state index in [1.165, 1.54) is 23.5 Å². The van der Waals surface area contributed by atoms with Crippen LogP contribution in [-0.4, -0.2) is 15.7 Å². The summed E-state index contributed by atoms with van der Waals surface area (Å²) in [5, 5.41) is 7.00. The van der Waals surface area contributed by atoms with Crippen LogP contribution in [0.5, 0.6) is 0 Å². The summed E-state index contributed by atoms with van der Waals surface area (Å²) < 4.78 is 16.3. The number of nitrogens with one attached hydrogen (secondary N) is 1. The van der Waals surface area contributed by atoms with E-state index in [2.05, 4.69) is 42.3 Å². The summed E-state index contributed by atoms with van der Waals surface area (Å²) in [6.45, 7) is 0.506. The predicted molar refractivity (Wildman–Crippen MR) is 95.4 cm³/mol. The van der Waals surface area contributed by atoms with Crippen molar-refractivity contribution in [3.63, 3.8) is 0 Å². The number of carbonyl (C=O) groups is 1. The Labute approximate surface area is 152 Å². The first-order chi connectivity index (χ1) is 11.0. The monoisotopic (exact) mass is 457 g/mol. The maximum absolute atomic E-state index is 12.9. The molecule has 0 saturated heterocycles. The molecule has 0 fully saturated rings. The van der Waals surface area contributed by atoms with E-state index in [-0.39, 0.29) is 11.7 Å². The van der Waals surface area contributed by atoms with Gasteiger partial charge in [-0.15, -0.1) is 11.3 Å². The summed E-state index contributed by atoms with van der Waals surface area (Å²) in [6.07, 6.45) is 3.32. The molecule has 2 aromatic heterocycles. The summed E-state index contributed by atoms with van der Waals surface area (Å²) in [7, 11) is 0. The Hall–Kier alpha value is -1.51. The first kappa shape index (κ1) is 16.4. The summed E-state index contributed by atoms with van der Waals surface area (Å²) in [5.41, 5.74) is 1.54. The van der Waals surface area contributed by atoms with Gasteiger partial charge in [-0.25, -0.2) is 4.39 Å². The number of benzene rings is 1. The second-order valence-electron chi connectivity index (χ2n) is 4.74. The molecular weight excluding hydrogens is 449 g/mol. The van der Waals surface area contributed by atoms with Gasteiger partial charge in [-0.2, -0.15) is 5.10 Å². The Bertz CT molecular complexity index is 825. The molecule has 1 N–H and O–H groups in total. The molecular formula is C15H10Br2FN3OS. The number of hydrogen-bond donors (Lipinski definition) is 1. The summed E-state index contributed by atoms with van der Waals surface area (Å²) in [4.78, 5) is 12.8. The van der Waals surface area contributed by atoms with Gasteiger partial charge in [0.05, 0.1) is 27.1 Å². The van der Waals surface area contributed by atoms with Gasteiger partial charge < -0.3 is 5.32 Å². The van der Waals surface area contributed by atoms with Crippen molar-refractivity contribution in [2.24, 2.45) is 0 Å². The Kier molecular flexibility index (Phi) is 4.93. The summed E-state index contributed by atoms with van der Waals surface area (Å²) in [6, 6.07) is 7.99. The highest BCUT2D eigenvalue weighted by molar-refractivity contribution is 9.13. The molecule has 0 spiro atoms. The number of rotatable bonds is 4. The van der Waals surface area contributed by atoms with Gasteiger partial charge in [0.1, 0.15) is 5.82 Å². The SMILES string of the molecule is O=C(Nc1cnn(Cc2ccc(F)cc2)c1)c1cc(Br)c(Br)s1. The molecule has 0 unspecified atom stereocenters. The van der Waals surface area contributed by atoms with Crippen LogP contribution in [0.1, 0.15) is 15.2 Å². The van der Waals surface area contributed by atoms with Crippen LogP contribution in [0.15, 0.2) is 51.0 Å². The molecule has 4 nitrogen and oxygen atoms in total. The molecule has 3 aromatic rings. The van der Waals surface area contributed by atoms with Crippen LogP contribution in [0.25, 0.3) is 0 Å². The van der Waals surface area contributed by atoms with Crippen molar-refractivity contribution >= 4 is 54.8 Å². The number of carbonyl (C=O) groups excluding carboxylic acids is 1. The Morgan fingerprint density at radius 1 is 1.30 bits per heavy atom. The second-order valence-corrected chi connectivity index (χ2v) is 7.96. The van der Waals surface area contributed by atoms with Crippen molar-refractivity contribution in [3.05, 3.63) is 67.2 Å². The van der Waals surface area contributed by atoms with Crippen LogP contribution in [0.2, 0.25) is 0 Å². The molecule has 23 heavy (non-hydrogen) atoms. The average Bonchev–Trinajstić information content (AvgIpc) is 3.09. The number of aromatic nitrogens is 2. The Balaban J connectivity index is 1.67. The highest BCUT2D eigenvalue weighted by atomic mass is 79.9. The number of hydrogen-bond acceptors (Lipinski definition) is 3. The predicted octanol–water partition coefficient (Wildman–Crippen LogP) is 4.91. The van der Waals surface area contributed by atoms with Gasteiger partial charge in [0.15, 0.2) is 0 Å². The van der Waals surface area contributed by atoms with Gasteiger partial charge in [0.25, 0.3) is 5.91 Å². The van der Waals surface area contributed by atoms with E-state index in [1.807, 2.05) is 0 Å². The average molecular weight is 459 g/mol. The topological polar surface area (TPSA) is 46.9 Å². The smallest absolute Gasteiger partial charge is 0.265 e. The van der Waals surface area contributed by atoms with Crippen LogP contribution in [0, 0.1) is 5.82 Å². The lowest BCUT2D eigenvalue weighted by Gasteiger charge is -2.02. The summed E-state index contributed by atoms with van der Waals surface area (Å²) >= 11 is 8.07. The van der Waals surface area contributed by atoms with Gasteiger partial charge in [-0.1, -0.05) is 12.1 Å². The molecule has 2 heterocycles. The van der Waals surface area contributed by atoms with Crippen molar-refractivity contribution in [1.29, 1.82) is 0 Å². The van der Waals surface area contributed by atoms with E-state index in [1.54, 1.807) is 35.3 Å². The molecule has 1 amide bonds. The number of nitrogens with zero attached hydrogens (tertiary/aromatic N) is 2. The third kappa shape index (κ3) is 4.07. The fourth-order valence-corrected chi connectivity index (χ4v) is 3.87. The van der Waals surface area contributed by atoms with Crippen LogP contribution in [0.4, 0.5) is 10.1 Å². The minimum Gasteiger partial charge on any atom is -0.319 e. The number of thiophene rings is 1. The maximum Gasteiger partial charge on any atom is 0.265 e. The van der Waals surface area contributed by atoms with Crippen molar-refractivity contribution in [1.82, 2.24) is 9.78 Å². The molecule has 0 aliphatic carbocycles. The molecule has 118 valence electrons. The van der Waals surface area contributed by atoms with E-state index in [9.17, 15) is 9.18 Å². The third-order valence-electron chi connectivity index (χ3n) is 3.02. The van der Waals surface area contributed by atoms with Crippen molar-refractivity contribution in [2.45, 2.75) is 6.54 Å². The molecule has 0 saturated carbocycles. The van der Waals surface area contributed by atoms with E-state index < -0.39 is 0 Å². The molecule has 0 aliphatic rings. The molecule has 0 aliphatic heterocycles. The minimum absolute atomic E-state index is 0.192. The Morgan fingerprint density at radius 3 is 2.70 bits per heavy atom. The van der Waals surface area contributed by atoms with Crippen LogP contribution in [-0.2, 0) is 6.54 Å². The zero-order valence-corrected chi connectivity index (χ0v) is 15.6. The second kappa shape index (κ2) is 6.94. The largest absolute Gasteiger partial charge is 0.319 e. The zero-order valence-electron chi connectivity index (χ0n) is 11.6. The fraction of sp³-hybridized carbons (Fsp3) is 0.0667. The van der Waals surface area contributed by atoms with E-state index in [4.69, 9.17) is 0 Å². The van der Waals surface area contributed by atoms with Crippen molar-refractivity contribution < 1.29 is 9.18 Å². The van der Waals surface area contributed by atoms with E-state index in [0.29, 0.717) is 17.1 Å². The first-order valence-corrected chi connectivity index (χ1v) is 8.94. The molecule has 3 rings (SSSR count). The summed E-state index contributed by atoms with van der Waals surface area (Å²) in [5.74, 6) is -0.460. The minimum atomic E-state index is -0.268.